The predicted octanol–water partition coefficient (Wildman–Crippen LogP) is 5.03. The molecule has 2 aromatic carbocycles. The Morgan fingerprint density at radius 1 is 1.18 bits per heavy atom. The quantitative estimate of drug-likeness (QED) is 0.601. The maximum Gasteiger partial charge on any atom is 0.305 e. The van der Waals surface area contributed by atoms with Crippen LogP contribution in [-0.4, -0.2) is 34.1 Å². The van der Waals surface area contributed by atoms with Crippen molar-refractivity contribution in [3.63, 3.8) is 0 Å². The molecule has 3 aromatic rings. The number of aliphatic carboxylic acids is 1. The molecule has 0 radical (unpaired) electrons. The van der Waals surface area contributed by atoms with Crippen LogP contribution in [0.4, 0.5) is 10.2 Å². The molecule has 0 aliphatic carbocycles. The highest BCUT2D eigenvalue weighted by atomic mass is 35.5. The van der Waals surface area contributed by atoms with Crippen molar-refractivity contribution in [3.8, 4) is 11.4 Å². The molecule has 0 amide bonds. The largest absolute Gasteiger partial charge is 0.481 e. The highest BCUT2D eigenvalue weighted by Gasteiger charge is 2.18. The van der Waals surface area contributed by atoms with E-state index in [0.717, 1.165) is 5.39 Å². The van der Waals surface area contributed by atoms with Crippen molar-refractivity contribution in [1.29, 1.82) is 0 Å². The molecule has 0 fully saturated rings. The van der Waals surface area contributed by atoms with Crippen molar-refractivity contribution in [2.75, 3.05) is 18.0 Å². The van der Waals surface area contributed by atoms with E-state index in [9.17, 15) is 9.18 Å². The monoisotopic (exact) mass is 401 g/mol. The summed E-state index contributed by atoms with van der Waals surface area (Å²) >= 11 is 6.16. The van der Waals surface area contributed by atoms with Gasteiger partial charge in [-0.05, 0) is 48.4 Å². The Labute approximate surface area is 167 Å². The van der Waals surface area contributed by atoms with Gasteiger partial charge in [-0.25, -0.2) is 14.4 Å². The molecule has 0 aliphatic heterocycles. The molecular weight excluding hydrogens is 381 g/mol. The molecule has 1 heterocycles. The lowest BCUT2D eigenvalue weighted by atomic mass is 10.1. The number of rotatable bonds is 7. The van der Waals surface area contributed by atoms with Gasteiger partial charge in [0.2, 0.25) is 0 Å². The SMILES string of the molecule is CC(C)CN(CCC(=O)O)c1nc(-c2ccc(F)cc2)nc2cc(Cl)ccc12. The van der Waals surface area contributed by atoms with E-state index in [0.29, 0.717) is 46.8 Å². The van der Waals surface area contributed by atoms with Gasteiger partial charge in [0.1, 0.15) is 11.6 Å². The van der Waals surface area contributed by atoms with Crippen LogP contribution in [0, 0.1) is 11.7 Å². The van der Waals surface area contributed by atoms with E-state index in [-0.39, 0.29) is 12.2 Å². The van der Waals surface area contributed by atoms with Gasteiger partial charge >= 0.3 is 5.97 Å². The topological polar surface area (TPSA) is 66.3 Å². The predicted molar refractivity (Wildman–Crippen MR) is 109 cm³/mol. The third-order valence-electron chi connectivity index (χ3n) is 4.22. The van der Waals surface area contributed by atoms with E-state index in [1.807, 2.05) is 11.0 Å². The number of halogens is 2. The van der Waals surface area contributed by atoms with Gasteiger partial charge in [0, 0.05) is 29.1 Å². The third-order valence-corrected chi connectivity index (χ3v) is 4.46. The average molecular weight is 402 g/mol. The second-order valence-corrected chi connectivity index (χ2v) is 7.46. The number of hydrogen-bond donors (Lipinski definition) is 1. The van der Waals surface area contributed by atoms with Crippen LogP contribution in [-0.2, 0) is 4.79 Å². The van der Waals surface area contributed by atoms with Crippen molar-refractivity contribution in [2.24, 2.45) is 5.92 Å². The van der Waals surface area contributed by atoms with E-state index in [2.05, 4.69) is 18.8 Å². The fraction of sp³-hybridized carbons (Fsp3) is 0.286. The smallest absolute Gasteiger partial charge is 0.305 e. The highest BCUT2D eigenvalue weighted by molar-refractivity contribution is 6.31. The Kier molecular flexibility index (Phi) is 6.09. The Morgan fingerprint density at radius 2 is 1.89 bits per heavy atom. The van der Waals surface area contributed by atoms with Gasteiger partial charge < -0.3 is 10.0 Å². The van der Waals surface area contributed by atoms with Crippen LogP contribution < -0.4 is 4.90 Å². The number of benzene rings is 2. The number of carboxylic acids is 1. The molecular formula is C21H21ClFN3O2. The maximum atomic E-state index is 13.3. The van der Waals surface area contributed by atoms with Gasteiger partial charge in [-0.3, -0.25) is 4.79 Å². The summed E-state index contributed by atoms with van der Waals surface area (Å²) in [5.74, 6) is 0.190. The summed E-state index contributed by atoms with van der Waals surface area (Å²) in [4.78, 5) is 22.4. The average Bonchev–Trinajstić information content (AvgIpc) is 2.64. The number of carboxylic acid groups (broad SMARTS) is 1. The van der Waals surface area contributed by atoms with Crippen molar-refractivity contribution in [2.45, 2.75) is 20.3 Å². The molecule has 0 bridgehead atoms. The molecule has 0 atom stereocenters. The van der Waals surface area contributed by atoms with Crippen LogP contribution in [0.15, 0.2) is 42.5 Å². The lowest BCUT2D eigenvalue weighted by Crippen LogP contribution is -2.31. The fourth-order valence-electron chi connectivity index (χ4n) is 3.01. The normalized spacial score (nSPS) is 11.2. The van der Waals surface area contributed by atoms with Crippen LogP contribution in [0.3, 0.4) is 0 Å². The second-order valence-electron chi connectivity index (χ2n) is 7.02. The van der Waals surface area contributed by atoms with Crippen molar-refractivity contribution in [1.82, 2.24) is 9.97 Å². The van der Waals surface area contributed by atoms with E-state index in [1.165, 1.54) is 12.1 Å². The molecule has 0 aliphatic rings. The first kappa shape index (κ1) is 20.0. The van der Waals surface area contributed by atoms with Crippen LogP contribution >= 0.6 is 11.6 Å². The summed E-state index contributed by atoms with van der Waals surface area (Å²) in [5.41, 5.74) is 1.33. The standard InChI is InChI=1S/C21H21ClFN3O2/c1-13(2)12-26(10-9-19(27)28)21-17-8-5-15(22)11-18(17)24-20(25-21)14-3-6-16(23)7-4-14/h3-8,11,13H,9-10,12H2,1-2H3,(H,27,28). The Hall–Kier alpha value is -2.73. The molecule has 5 nitrogen and oxygen atoms in total. The van der Waals surface area contributed by atoms with E-state index in [4.69, 9.17) is 21.7 Å². The van der Waals surface area contributed by atoms with Crippen LogP contribution in [0.2, 0.25) is 5.02 Å². The van der Waals surface area contributed by atoms with Gasteiger partial charge in [-0.2, -0.15) is 0 Å². The zero-order valence-electron chi connectivity index (χ0n) is 15.7. The van der Waals surface area contributed by atoms with Crippen LogP contribution in [0.25, 0.3) is 22.3 Å². The van der Waals surface area contributed by atoms with Gasteiger partial charge in [0.05, 0.1) is 11.9 Å². The van der Waals surface area contributed by atoms with Crippen molar-refractivity contribution in [3.05, 3.63) is 53.3 Å². The second kappa shape index (κ2) is 8.52. The van der Waals surface area contributed by atoms with Crippen molar-refractivity contribution < 1.29 is 14.3 Å². The first-order valence-corrected chi connectivity index (χ1v) is 9.41. The molecule has 146 valence electrons. The van der Waals surface area contributed by atoms with E-state index >= 15 is 0 Å². The number of anilines is 1. The van der Waals surface area contributed by atoms with E-state index in [1.54, 1.807) is 24.3 Å². The fourth-order valence-corrected chi connectivity index (χ4v) is 3.18. The molecule has 1 N–H and O–H groups in total. The first-order chi connectivity index (χ1) is 13.3. The third kappa shape index (κ3) is 4.75. The molecule has 3 rings (SSSR count). The number of aromatic nitrogens is 2. The maximum absolute atomic E-state index is 13.3. The number of nitrogens with zero attached hydrogens (tertiary/aromatic N) is 3. The highest BCUT2D eigenvalue weighted by Crippen LogP contribution is 2.30. The summed E-state index contributed by atoms with van der Waals surface area (Å²) < 4.78 is 13.3. The lowest BCUT2D eigenvalue weighted by Gasteiger charge is -2.26. The summed E-state index contributed by atoms with van der Waals surface area (Å²) in [7, 11) is 0. The molecule has 7 heteroatoms. The van der Waals surface area contributed by atoms with Gasteiger partial charge in [0.15, 0.2) is 5.82 Å². The Morgan fingerprint density at radius 3 is 2.54 bits per heavy atom. The summed E-state index contributed by atoms with van der Waals surface area (Å²) in [6.07, 6.45) is -0.00229. The molecule has 28 heavy (non-hydrogen) atoms. The minimum absolute atomic E-state index is 0.00229. The first-order valence-electron chi connectivity index (χ1n) is 9.03. The molecule has 1 aromatic heterocycles. The van der Waals surface area contributed by atoms with Gasteiger partial charge in [-0.1, -0.05) is 25.4 Å². The van der Waals surface area contributed by atoms with Crippen LogP contribution in [0.5, 0.6) is 0 Å². The number of fused-ring (bicyclic) bond motifs is 1. The van der Waals surface area contributed by atoms with Crippen LogP contribution in [0.1, 0.15) is 20.3 Å². The zero-order chi connectivity index (χ0) is 20.3. The summed E-state index contributed by atoms with van der Waals surface area (Å²) in [5, 5.41) is 10.5. The lowest BCUT2D eigenvalue weighted by molar-refractivity contribution is -0.136. The van der Waals surface area contributed by atoms with Gasteiger partial charge in [-0.15, -0.1) is 0 Å². The minimum atomic E-state index is -0.867. The summed E-state index contributed by atoms with van der Waals surface area (Å²) in [6, 6.07) is 11.3. The molecule has 0 spiro atoms. The molecule has 0 unspecified atom stereocenters. The Bertz CT molecular complexity index is 993. The van der Waals surface area contributed by atoms with Gasteiger partial charge in [0.25, 0.3) is 0 Å². The minimum Gasteiger partial charge on any atom is -0.481 e. The summed E-state index contributed by atoms with van der Waals surface area (Å²) in [6.45, 7) is 5.10. The van der Waals surface area contributed by atoms with Crippen molar-refractivity contribution >= 4 is 34.3 Å². The number of carbonyl (C=O) groups is 1. The molecule has 0 saturated heterocycles. The Balaban J connectivity index is 2.16. The zero-order valence-corrected chi connectivity index (χ0v) is 16.4. The van der Waals surface area contributed by atoms with E-state index < -0.39 is 5.97 Å². The number of hydrogen-bond acceptors (Lipinski definition) is 4. The molecule has 0 saturated carbocycles.